The van der Waals surface area contributed by atoms with Gasteiger partial charge in [-0.2, -0.15) is 0 Å². The summed E-state index contributed by atoms with van der Waals surface area (Å²) in [6, 6.07) is 70.6. The molecule has 0 saturated heterocycles. The number of para-hydroxylation sites is 5. The molecule has 4 nitrogen and oxygen atoms in total. The lowest BCUT2D eigenvalue weighted by Gasteiger charge is -2.41. The smallest absolute Gasteiger partial charge is 0.176 e. The Morgan fingerprint density at radius 2 is 0.921 bits per heavy atom. The van der Waals surface area contributed by atoms with E-state index in [1.165, 1.54) is 105 Å². The summed E-state index contributed by atoms with van der Waals surface area (Å²) >= 11 is 0. The summed E-state index contributed by atoms with van der Waals surface area (Å²) in [6.07, 6.45) is 3.03. The number of rotatable bonds is 3. The summed E-state index contributed by atoms with van der Waals surface area (Å²) in [7, 11) is 0. The molecule has 14 rings (SSSR count). The number of fused-ring (bicyclic) bond motifs is 12. The molecule has 11 aromatic rings. The van der Waals surface area contributed by atoms with Gasteiger partial charge in [-0.3, -0.25) is 4.98 Å². The van der Waals surface area contributed by atoms with E-state index in [0.29, 0.717) is 0 Å². The molecule has 8 aromatic carbocycles. The van der Waals surface area contributed by atoms with Gasteiger partial charge >= 0.3 is 0 Å². The van der Waals surface area contributed by atoms with Crippen LogP contribution in [0.3, 0.4) is 0 Å². The Bertz CT molecular complexity index is 3510. The molecule has 63 heavy (non-hydrogen) atoms. The zero-order valence-electron chi connectivity index (χ0n) is 35.2. The minimum atomic E-state index is -0.860. The first-order chi connectivity index (χ1) is 31.0. The van der Waals surface area contributed by atoms with E-state index in [1.54, 1.807) is 0 Å². The Hall–Kier alpha value is -7.69. The standard InChI is InChI=1S/C59H42N4/c1-58(2)32-34-61(37-17-4-3-5-18-37)54-36-45-43-24-15-27-48-56(43)55-42(44-25-16-33-60-57(44)46(45)35-49(54)58)23-14-26-47(55)59(48,62-50-28-10-6-19-38(50)39-20-7-11-29-51(39)62)63-52-30-12-8-21-40(52)41-22-9-13-31-53(41)63/h3-31,33,35-36H,32,34H2,1-2H3. The zero-order valence-corrected chi connectivity index (χ0v) is 35.2. The predicted molar refractivity (Wildman–Crippen MR) is 261 cm³/mol. The summed E-state index contributed by atoms with van der Waals surface area (Å²) in [5, 5.41) is 4.98. The first kappa shape index (κ1) is 35.0. The van der Waals surface area contributed by atoms with Gasteiger partial charge in [0.15, 0.2) is 5.66 Å². The van der Waals surface area contributed by atoms with E-state index in [-0.39, 0.29) is 5.41 Å². The topological polar surface area (TPSA) is 26.0 Å². The molecule has 0 saturated carbocycles. The first-order valence-electron chi connectivity index (χ1n) is 22.3. The van der Waals surface area contributed by atoms with Crippen LogP contribution < -0.4 is 4.90 Å². The fourth-order valence-corrected chi connectivity index (χ4v) is 12.1. The van der Waals surface area contributed by atoms with Crippen molar-refractivity contribution in [1.82, 2.24) is 14.1 Å². The lowest BCUT2D eigenvalue weighted by Crippen LogP contribution is -2.41. The van der Waals surface area contributed by atoms with E-state index in [4.69, 9.17) is 4.98 Å². The summed E-state index contributed by atoms with van der Waals surface area (Å²) in [5.41, 5.74) is 19.8. The minimum Gasteiger partial charge on any atom is -0.341 e. The molecule has 0 atom stereocenters. The van der Waals surface area contributed by atoms with Crippen LogP contribution in [0, 0.1) is 0 Å². The third kappa shape index (κ3) is 4.42. The SMILES string of the molecule is CC1(C)CCN(c2ccccc2)c2cc3c(cc21)-c1ncccc1-c1cccc2c1-c1c-3cccc1C2(n1c2ccccc2c2ccccc21)n1c2ccccc2c2ccccc21. The summed E-state index contributed by atoms with van der Waals surface area (Å²) < 4.78 is 5.37. The van der Waals surface area contributed by atoms with Crippen LogP contribution >= 0.6 is 0 Å². The van der Waals surface area contributed by atoms with Gasteiger partial charge < -0.3 is 14.0 Å². The first-order valence-corrected chi connectivity index (χ1v) is 22.3. The van der Waals surface area contributed by atoms with Crippen molar-refractivity contribution in [1.29, 1.82) is 0 Å². The Morgan fingerprint density at radius 1 is 0.429 bits per heavy atom. The van der Waals surface area contributed by atoms with Gasteiger partial charge in [0.05, 0.1) is 27.8 Å². The molecule has 0 unspecified atom stereocenters. The maximum absolute atomic E-state index is 5.33. The van der Waals surface area contributed by atoms with E-state index in [0.717, 1.165) is 24.2 Å². The van der Waals surface area contributed by atoms with E-state index in [9.17, 15) is 0 Å². The maximum atomic E-state index is 5.33. The number of nitrogens with zero attached hydrogens (tertiary/aromatic N) is 4. The molecule has 0 bridgehead atoms. The lowest BCUT2D eigenvalue weighted by atomic mass is 9.74. The third-order valence-corrected chi connectivity index (χ3v) is 14.8. The van der Waals surface area contributed by atoms with Crippen molar-refractivity contribution in [3.8, 4) is 44.6 Å². The number of aromatic nitrogens is 3. The third-order valence-electron chi connectivity index (χ3n) is 14.8. The van der Waals surface area contributed by atoms with Crippen molar-refractivity contribution >= 4 is 55.0 Å². The van der Waals surface area contributed by atoms with Gasteiger partial charge in [-0.05, 0) is 99.8 Å². The highest BCUT2D eigenvalue weighted by atomic mass is 15.3. The Balaban J connectivity index is 1.22. The summed E-state index contributed by atoms with van der Waals surface area (Å²) in [6.45, 7) is 5.77. The van der Waals surface area contributed by atoms with Crippen molar-refractivity contribution in [2.45, 2.75) is 31.3 Å². The van der Waals surface area contributed by atoms with Crippen LogP contribution in [0.4, 0.5) is 11.4 Å². The average molecular weight is 807 g/mol. The number of hydrogen-bond donors (Lipinski definition) is 0. The molecular formula is C59H42N4. The van der Waals surface area contributed by atoms with Crippen molar-refractivity contribution < 1.29 is 0 Å². The molecule has 0 radical (unpaired) electrons. The van der Waals surface area contributed by atoms with Crippen LogP contribution in [-0.2, 0) is 11.1 Å². The second-order valence-electron chi connectivity index (χ2n) is 18.3. The van der Waals surface area contributed by atoms with Crippen LogP contribution in [0.15, 0.2) is 194 Å². The van der Waals surface area contributed by atoms with E-state index in [1.807, 2.05) is 6.20 Å². The van der Waals surface area contributed by atoms with Gasteiger partial charge in [-0.15, -0.1) is 0 Å². The van der Waals surface area contributed by atoms with Crippen molar-refractivity contribution in [3.05, 3.63) is 211 Å². The number of benzene rings is 8. The molecule has 1 aliphatic heterocycles. The molecule has 0 N–H and O–H groups in total. The van der Waals surface area contributed by atoms with Crippen molar-refractivity contribution in [3.63, 3.8) is 0 Å². The van der Waals surface area contributed by atoms with Gasteiger partial charge in [-0.25, -0.2) is 0 Å². The molecule has 4 heteroatoms. The zero-order chi connectivity index (χ0) is 41.6. The molecule has 0 fully saturated rings. The molecule has 2 aliphatic carbocycles. The molecule has 3 aromatic heterocycles. The molecule has 3 aliphatic rings. The second-order valence-corrected chi connectivity index (χ2v) is 18.3. The molecule has 0 amide bonds. The van der Waals surface area contributed by atoms with Crippen molar-refractivity contribution in [2.24, 2.45) is 0 Å². The van der Waals surface area contributed by atoms with Crippen LogP contribution in [0.2, 0.25) is 0 Å². The lowest BCUT2D eigenvalue weighted by molar-refractivity contribution is 0.416. The average Bonchev–Trinajstić information content (AvgIpc) is 3.95. The van der Waals surface area contributed by atoms with Crippen LogP contribution in [0.1, 0.15) is 37.0 Å². The monoisotopic (exact) mass is 806 g/mol. The molecular weight excluding hydrogens is 765 g/mol. The van der Waals surface area contributed by atoms with Gasteiger partial charge in [0, 0.05) is 67.9 Å². The largest absolute Gasteiger partial charge is 0.341 e. The predicted octanol–water partition coefficient (Wildman–Crippen LogP) is 14.7. The maximum Gasteiger partial charge on any atom is 0.176 e. The Kier molecular flexibility index (Phi) is 6.91. The fourth-order valence-electron chi connectivity index (χ4n) is 12.1. The highest BCUT2D eigenvalue weighted by molar-refractivity contribution is 6.14. The Morgan fingerprint density at radius 3 is 1.48 bits per heavy atom. The van der Waals surface area contributed by atoms with Crippen LogP contribution in [0.25, 0.3) is 88.2 Å². The van der Waals surface area contributed by atoms with Gasteiger partial charge in [0.25, 0.3) is 0 Å². The molecule has 0 spiro atoms. The normalized spacial score (nSPS) is 15.2. The second kappa shape index (κ2) is 12.5. The highest BCUT2D eigenvalue weighted by Gasteiger charge is 2.51. The van der Waals surface area contributed by atoms with Gasteiger partial charge in [-0.1, -0.05) is 147 Å². The Labute approximate surface area is 365 Å². The quantitative estimate of drug-likeness (QED) is 0.178. The van der Waals surface area contributed by atoms with Crippen molar-refractivity contribution in [2.75, 3.05) is 11.4 Å². The van der Waals surface area contributed by atoms with Gasteiger partial charge in [0.2, 0.25) is 0 Å². The van der Waals surface area contributed by atoms with E-state index >= 15 is 0 Å². The number of pyridine rings is 1. The van der Waals surface area contributed by atoms with Gasteiger partial charge in [0.1, 0.15) is 0 Å². The number of anilines is 2. The van der Waals surface area contributed by atoms with Crippen LogP contribution in [0.5, 0.6) is 0 Å². The van der Waals surface area contributed by atoms with E-state index < -0.39 is 5.66 Å². The van der Waals surface area contributed by atoms with Crippen LogP contribution in [-0.4, -0.2) is 20.7 Å². The summed E-state index contributed by atoms with van der Waals surface area (Å²) in [5.74, 6) is 0. The summed E-state index contributed by atoms with van der Waals surface area (Å²) in [4.78, 5) is 7.87. The highest BCUT2D eigenvalue weighted by Crippen LogP contribution is 2.62. The van der Waals surface area contributed by atoms with E-state index in [2.05, 4.69) is 216 Å². The molecule has 298 valence electrons. The molecule has 4 heterocycles. The fraction of sp³-hybridized carbons (Fsp3) is 0.102. The number of hydrogen-bond acceptors (Lipinski definition) is 2. The minimum absolute atomic E-state index is 0.0289.